The molecule has 0 aromatic carbocycles. The van der Waals surface area contributed by atoms with Crippen molar-refractivity contribution in [1.82, 2.24) is 9.80 Å². The van der Waals surface area contributed by atoms with Crippen molar-refractivity contribution in [2.75, 3.05) is 26.2 Å². The molecule has 2 aliphatic rings. The van der Waals surface area contributed by atoms with Gasteiger partial charge in [0.25, 0.3) is 0 Å². The summed E-state index contributed by atoms with van der Waals surface area (Å²) in [5, 5.41) is 8.54. The second kappa shape index (κ2) is 4.18. The third kappa shape index (κ3) is 2.68. The highest BCUT2D eigenvalue weighted by molar-refractivity contribution is 5.79. The molecule has 0 radical (unpaired) electrons. The minimum atomic E-state index is -0.799. The molecular formula is C10H16N2O3. The highest BCUT2D eigenvalue weighted by Crippen LogP contribution is 2.27. The van der Waals surface area contributed by atoms with Crippen molar-refractivity contribution in [2.24, 2.45) is 0 Å². The number of aliphatic carboxylic acids is 1. The molecule has 0 spiro atoms. The monoisotopic (exact) mass is 212 g/mol. The molecule has 2 fully saturated rings. The van der Waals surface area contributed by atoms with Gasteiger partial charge in [0.2, 0.25) is 5.91 Å². The molecule has 15 heavy (non-hydrogen) atoms. The number of carboxylic acid groups (broad SMARTS) is 1. The van der Waals surface area contributed by atoms with Gasteiger partial charge in [-0.2, -0.15) is 0 Å². The van der Waals surface area contributed by atoms with Crippen LogP contribution in [0.4, 0.5) is 0 Å². The SMILES string of the molecule is O=C(O)CCN1CCN(C2CC2)C(=O)C1. The normalized spacial score (nSPS) is 23.2. The smallest absolute Gasteiger partial charge is 0.304 e. The summed E-state index contributed by atoms with van der Waals surface area (Å²) in [4.78, 5) is 25.9. The van der Waals surface area contributed by atoms with E-state index >= 15 is 0 Å². The zero-order valence-corrected chi connectivity index (χ0v) is 8.69. The highest BCUT2D eigenvalue weighted by Gasteiger charge is 2.35. The van der Waals surface area contributed by atoms with Gasteiger partial charge in [-0.15, -0.1) is 0 Å². The van der Waals surface area contributed by atoms with E-state index in [0.29, 0.717) is 19.1 Å². The van der Waals surface area contributed by atoms with E-state index in [4.69, 9.17) is 5.11 Å². The Morgan fingerprint density at radius 2 is 2.13 bits per heavy atom. The first-order valence-corrected chi connectivity index (χ1v) is 5.40. The summed E-state index contributed by atoms with van der Waals surface area (Å²) in [5.41, 5.74) is 0. The molecule has 0 bridgehead atoms. The zero-order valence-electron chi connectivity index (χ0n) is 8.69. The van der Waals surface area contributed by atoms with E-state index in [1.54, 1.807) is 0 Å². The number of piperazine rings is 1. The number of carbonyl (C=O) groups excluding carboxylic acids is 1. The topological polar surface area (TPSA) is 60.9 Å². The molecule has 0 unspecified atom stereocenters. The van der Waals surface area contributed by atoms with E-state index in [1.807, 2.05) is 9.80 Å². The molecule has 0 aromatic rings. The number of nitrogens with zero attached hydrogens (tertiary/aromatic N) is 2. The van der Waals surface area contributed by atoms with E-state index in [2.05, 4.69) is 0 Å². The molecule has 5 heteroatoms. The molecule has 0 aromatic heterocycles. The fraction of sp³-hybridized carbons (Fsp3) is 0.800. The van der Waals surface area contributed by atoms with Crippen molar-refractivity contribution in [2.45, 2.75) is 25.3 Å². The van der Waals surface area contributed by atoms with Crippen LogP contribution in [0.25, 0.3) is 0 Å². The Hall–Kier alpha value is -1.10. The van der Waals surface area contributed by atoms with Gasteiger partial charge in [0.05, 0.1) is 13.0 Å². The number of carbonyl (C=O) groups is 2. The molecule has 1 heterocycles. The Labute approximate surface area is 88.6 Å². The van der Waals surface area contributed by atoms with Crippen LogP contribution in [0.3, 0.4) is 0 Å². The Bertz CT molecular complexity index is 276. The summed E-state index contributed by atoms with van der Waals surface area (Å²) in [6, 6.07) is 0.485. The van der Waals surface area contributed by atoms with Gasteiger partial charge < -0.3 is 10.0 Å². The van der Waals surface area contributed by atoms with Crippen LogP contribution in [0.15, 0.2) is 0 Å². The van der Waals surface area contributed by atoms with Crippen LogP contribution in [0.1, 0.15) is 19.3 Å². The van der Waals surface area contributed by atoms with Crippen LogP contribution < -0.4 is 0 Å². The van der Waals surface area contributed by atoms with Gasteiger partial charge in [-0.3, -0.25) is 14.5 Å². The van der Waals surface area contributed by atoms with Gasteiger partial charge in [-0.25, -0.2) is 0 Å². The summed E-state index contributed by atoms with van der Waals surface area (Å²) < 4.78 is 0. The van der Waals surface area contributed by atoms with Crippen molar-refractivity contribution in [3.05, 3.63) is 0 Å². The minimum absolute atomic E-state index is 0.122. The molecular weight excluding hydrogens is 196 g/mol. The predicted octanol–water partition coefficient (Wildman–Crippen LogP) is -0.232. The lowest BCUT2D eigenvalue weighted by Gasteiger charge is -2.34. The molecule has 1 saturated carbocycles. The van der Waals surface area contributed by atoms with Crippen molar-refractivity contribution in [3.8, 4) is 0 Å². The highest BCUT2D eigenvalue weighted by atomic mass is 16.4. The average molecular weight is 212 g/mol. The van der Waals surface area contributed by atoms with Gasteiger partial charge in [-0.05, 0) is 12.8 Å². The fourth-order valence-electron chi connectivity index (χ4n) is 1.95. The summed E-state index contributed by atoms with van der Waals surface area (Å²) in [5.74, 6) is -0.638. The molecule has 1 amide bonds. The molecule has 84 valence electrons. The van der Waals surface area contributed by atoms with E-state index in [0.717, 1.165) is 25.9 Å². The molecule has 1 N–H and O–H groups in total. The van der Waals surface area contributed by atoms with Crippen LogP contribution in [-0.4, -0.2) is 59.0 Å². The lowest BCUT2D eigenvalue weighted by molar-refractivity contribution is -0.140. The predicted molar refractivity (Wildman–Crippen MR) is 53.4 cm³/mol. The molecule has 1 aliphatic carbocycles. The first-order chi connectivity index (χ1) is 7.16. The van der Waals surface area contributed by atoms with Crippen LogP contribution >= 0.6 is 0 Å². The number of amides is 1. The standard InChI is InChI=1S/C10H16N2O3/c13-9-7-11(4-3-10(14)15)5-6-12(9)8-1-2-8/h8H,1-7H2,(H,14,15). The van der Waals surface area contributed by atoms with Crippen LogP contribution in [0, 0.1) is 0 Å². The zero-order chi connectivity index (χ0) is 10.8. The molecule has 1 aliphatic heterocycles. The maximum Gasteiger partial charge on any atom is 0.304 e. The average Bonchev–Trinajstić information content (AvgIpc) is 2.98. The van der Waals surface area contributed by atoms with Crippen LogP contribution in [-0.2, 0) is 9.59 Å². The maximum atomic E-state index is 11.7. The summed E-state index contributed by atoms with van der Waals surface area (Å²) in [7, 11) is 0. The largest absolute Gasteiger partial charge is 0.481 e. The summed E-state index contributed by atoms with van der Waals surface area (Å²) >= 11 is 0. The first kappa shape index (κ1) is 10.4. The maximum absolute atomic E-state index is 11.7. The third-order valence-corrected chi connectivity index (χ3v) is 2.97. The van der Waals surface area contributed by atoms with Gasteiger partial charge in [0, 0.05) is 25.7 Å². The molecule has 2 rings (SSSR count). The van der Waals surface area contributed by atoms with Crippen LogP contribution in [0.5, 0.6) is 0 Å². The summed E-state index contributed by atoms with van der Waals surface area (Å²) in [6.07, 6.45) is 2.40. The van der Waals surface area contributed by atoms with E-state index in [9.17, 15) is 9.59 Å². The fourth-order valence-corrected chi connectivity index (χ4v) is 1.95. The lowest BCUT2D eigenvalue weighted by Crippen LogP contribution is -2.51. The van der Waals surface area contributed by atoms with Gasteiger partial charge in [0.1, 0.15) is 0 Å². The number of rotatable bonds is 4. The van der Waals surface area contributed by atoms with Gasteiger partial charge in [-0.1, -0.05) is 0 Å². The molecule has 5 nitrogen and oxygen atoms in total. The first-order valence-electron chi connectivity index (χ1n) is 5.40. The second-order valence-corrected chi connectivity index (χ2v) is 4.24. The summed E-state index contributed by atoms with van der Waals surface area (Å²) in [6.45, 7) is 2.46. The van der Waals surface area contributed by atoms with Crippen LogP contribution in [0.2, 0.25) is 0 Å². The second-order valence-electron chi connectivity index (χ2n) is 4.24. The van der Waals surface area contributed by atoms with Crippen molar-refractivity contribution < 1.29 is 14.7 Å². The Morgan fingerprint density at radius 3 is 2.67 bits per heavy atom. The minimum Gasteiger partial charge on any atom is -0.481 e. The Kier molecular flexibility index (Phi) is 2.90. The third-order valence-electron chi connectivity index (χ3n) is 2.97. The van der Waals surface area contributed by atoms with E-state index < -0.39 is 5.97 Å². The Balaban J connectivity index is 1.77. The van der Waals surface area contributed by atoms with Crippen molar-refractivity contribution >= 4 is 11.9 Å². The van der Waals surface area contributed by atoms with Gasteiger partial charge >= 0.3 is 5.97 Å². The molecule has 0 atom stereocenters. The van der Waals surface area contributed by atoms with E-state index in [-0.39, 0.29) is 12.3 Å². The van der Waals surface area contributed by atoms with E-state index in [1.165, 1.54) is 0 Å². The Morgan fingerprint density at radius 1 is 1.40 bits per heavy atom. The molecule has 1 saturated heterocycles. The lowest BCUT2D eigenvalue weighted by atomic mass is 10.2. The number of hydrogen-bond donors (Lipinski definition) is 1. The number of hydrogen-bond acceptors (Lipinski definition) is 3. The quantitative estimate of drug-likeness (QED) is 0.699. The number of carboxylic acids is 1. The van der Waals surface area contributed by atoms with Crippen molar-refractivity contribution in [1.29, 1.82) is 0 Å². The van der Waals surface area contributed by atoms with Gasteiger partial charge in [0.15, 0.2) is 0 Å². The van der Waals surface area contributed by atoms with Crippen molar-refractivity contribution in [3.63, 3.8) is 0 Å².